The van der Waals surface area contributed by atoms with Gasteiger partial charge >= 0.3 is 17.9 Å². The summed E-state index contributed by atoms with van der Waals surface area (Å²) in [5, 5.41) is 40.5. The number of aromatic hydroxyl groups is 1. The number of phenols is 1. The van der Waals surface area contributed by atoms with Gasteiger partial charge in [-0.3, -0.25) is 14.5 Å². The molecule has 48 heavy (non-hydrogen) atoms. The van der Waals surface area contributed by atoms with Crippen molar-refractivity contribution < 1.29 is 49.0 Å². The highest BCUT2D eigenvalue weighted by atomic mass is 35.5. The number of nitrogens with one attached hydrogen (secondary N) is 1. The first-order valence-corrected chi connectivity index (χ1v) is 17.5. The van der Waals surface area contributed by atoms with Crippen LogP contribution in [0.4, 0.5) is 0 Å². The Morgan fingerprint density at radius 2 is 1.73 bits per heavy atom. The van der Waals surface area contributed by atoms with Gasteiger partial charge in [-0.05, 0) is 35.4 Å². The highest BCUT2D eigenvalue weighted by Crippen LogP contribution is 2.42. The highest BCUT2D eigenvalue weighted by molar-refractivity contribution is 8.01. The van der Waals surface area contributed by atoms with Gasteiger partial charge in [0.05, 0.1) is 16.8 Å². The fourth-order valence-corrected chi connectivity index (χ4v) is 8.57. The third-order valence-corrected chi connectivity index (χ3v) is 11.3. The van der Waals surface area contributed by atoms with Gasteiger partial charge in [0.25, 0.3) is 5.91 Å². The van der Waals surface area contributed by atoms with Gasteiger partial charge in [-0.1, -0.05) is 23.2 Å². The molecule has 17 heteroatoms. The number of fused-ring (bicyclic) bond motifs is 1. The highest BCUT2D eigenvalue weighted by Gasteiger charge is 2.54. The van der Waals surface area contributed by atoms with Crippen LogP contribution in [-0.4, -0.2) is 83.7 Å². The summed E-state index contributed by atoms with van der Waals surface area (Å²) in [6.07, 6.45) is 5.66. The SMILES string of the molecule is O=C(O)C=Cc1cc(Cl)c(SCC(=O)N[C@H]2C(=O)N3C(C(=O)O)=C(CSc4cc[n+](-c5ccc(C(=O)O)c(O)c5)cc4)CS[C@H]23)cc1Cl. The zero-order valence-electron chi connectivity index (χ0n) is 24.3. The fraction of sp³-hybridized carbons (Fsp3) is 0.161. The Bertz CT molecular complexity index is 1900. The molecule has 2 aromatic carbocycles. The van der Waals surface area contributed by atoms with Gasteiger partial charge in [0.2, 0.25) is 11.6 Å². The van der Waals surface area contributed by atoms with E-state index in [4.69, 9.17) is 33.4 Å². The van der Waals surface area contributed by atoms with Crippen molar-refractivity contribution in [2.75, 3.05) is 17.3 Å². The molecular weight excluding hydrogens is 725 g/mol. The first kappa shape index (κ1) is 35.2. The van der Waals surface area contributed by atoms with Crippen molar-refractivity contribution in [1.29, 1.82) is 0 Å². The minimum Gasteiger partial charge on any atom is -0.507 e. The Kier molecular flexibility index (Phi) is 11.0. The van der Waals surface area contributed by atoms with Crippen LogP contribution < -0.4 is 9.88 Å². The molecule has 1 saturated heterocycles. The second-order valence-corrected chi connectivity index (χ2v) is 14.2. The predicted octanol–water partition coefficient (Wildman–Crippen LogP) is 4.39. The van der Waals surface area contributed by atoms with Crippen LogP contribution in [0.3, 0.4) is 0 Å². The Hall–Kier alpha value is -4.15. The summed E-state index contributed by atoms with van der Waals surface area (Å²) in [7, 11) is 0. The number of halogens is 2. The molecule has 5 N–H and O–H groups in total. The lowest BCUT2D eigenvalue weighted by atomic mass is 10.0. The molecular formula is C31H24Cl2N3O9S3+. The molecule has 2 aliphatic heterocycles. The molecule has 5 rings (SSSR count). The number of nitrogens with zero attached hydrogens (tertiary/aromatic N) is 2. The molecule has 2 atom stereocenters. The predicted molar refractivity (Wildman–Crippen MR) is 181 cm³/mol. The number of rotatable bonds is 12. The maximum atomic E-state index is 13.1. The van der Waals surface area contributed by atoms with E-state index in [0.29, 0.717) is 33.2 Å². The number of aromatic carboxylic acids is 1. The molecule has 2 aliphatic rings. The number of hydrogen-bond acceptors (Lipinski definition) is 9. The largest absolute Gasteiger partial charge is 0.507 e. The number of aliphatic carboxylic acids is 2. The summed E-state index contributed by atoms with van der Waals surface area (Å²) in [4.78, 5) is 62.6. The van der Waals surface area contributed by atoms with Gasteiger partial charge in [-0.2, -0.15) is 4.57 Å². The Labute approximate surface area is 295 Å². The number of thioether (sulfide) groups is 3. The van der Waals surface area contributed by atoms with Crippen LogP contribution in [0.15, 0.2) is 82.0 Å². The van der Waals surface area contributed by atoms with Crippen molar-refractivity contribution in [3.05, 3.63) is 93.4 Å². The van der Waals surface area contributed by atoms with Crippen LogP contribution in [0.5, 0.6) is 5.75 Å². The first-order valence-electron chi connectivity index (χ1n) is 13.8. The second-order valence-electron chi connectivity index (χ2n) is 10.2. The average molecular weight is 750 g/mol. The maximum Gasteiger partial charge on any atom is 0.352 e. The molecule has 1 fully saturated rings. The first-order chi connectivity index (χ1) is 22.8. The third-order valence-electron chi connectivity index (χ3n) is 7.10. The zero-order valence-corrected chi connectivity index (χ0v) is 28.3. The Morgan fingerprint density at radius 1 is 1.00 bits per heavy atom. The lowest BCUT2D eigenvalue weighted by Crippen LogP contribution is -2.70. The molecule has 248 valence electrons. The monoisotopic (exact) mass is 748 g/mol. The van der Waals surface area contributed by atoms with E-state index in [1.165, 1.54) is 58.8 Å². The van der Waals surface area contributed by atoms with Crippen molar-refractivity contribution in [3.63, 3.8) is 0 Å². The van der Waals surface area contributed by atoms with E-state index < -0.39 is 41.1 Å². The van der Waals surface area contributed by atoms with Gasteiger partial charge in [0, 0.05) is 50.6 Å². The molecule has 0 aliphatic carbocycles. The lowest BCUT2D eigenvalue weighted by Gasteiger charge is -2.49. The second kappa shape index (κ2) is 15.0. The van der Waals surface area contributed by atoms with Crippen molar-refractivity contribution >= 4 is 94.3 Å². The van der Waals surface area contributed by atoms with Crippen molar-refractivity contribution in [2.24, 2.45) is 0 Å². The molecule has 0 saturated carbocycles. The van der Waals surface area contributed by atoms with Crippen LogP contribution >= 0.6 is 58.5 Å². The van der Waals surface area contributed by atoms with Gasteiger partial charge in [0.1, 0.15) is 28.4 Å². The number of benzene rings is 2. The number of β-lactam (4-membered cyclic amide) rings is 1. The van der Waals surface area contributed by atoms with Gasteiger partial charge in [0.15, 0.2) is 12.4 Å². The molecule has 1 aromatic heterocycles. The summed E-state index contributed by atoms with van der Waals surface area (Å²) in [5.74, 6) is -4.44. The molecule has 2 amide bonds. The minimum atomic E-state index is -1.24. The molecule has 0 bridgehead atoms. The summed E-state index contributed by atoms with van der Waals surface area (Å²) >= 11 is 16.3. The molecule has 0 radical (unpaired) electrons. The number of carboxylic acid groups (broad SMARTS) is 3. The van der Waals surface area contributed by atoms with Crippen LogP contribution in [0.1, 0.15) is 15.9 Å². The number of carboxylic acids is 3. The fourth-order valence-electron chi connectivity index (χ4n) is 4.81. The average Bonchev–Trinajstić information content (AvgIpc) is 3.05. The molecule has 3 heterocycles. The van der Waals surface area contributed by atoms with E-state index >= 15 is 0 Å². The van der Waals surface area contributed by atoms with E-state index in [9.17, 15) is 34.2 Å². The Morgan fingerprint density at radius 3 is 2.38 bits per heavy atom. The smallest absolute Gasteiger partial charge is 0.352 e. The minimum absolute atomic E-state index is 0.100. The number of carbonyl (C=O) groups is 5. The summed E-state index contributed by atoms with van der Waals surface area (Å²) in [6.45, 7) is 0. The number of aromatic nitrogens is 1. The van der Waals surface area contributed by atoms with Crippen molar-refractivity contribution in [3.8, 4) is 11.4 Å². The maximum absolute atomic E-state index is 13.1. The lowest BCUT2D eigenvalue weighted by molar-refractivity contribution is -0.596. The number of carbonyl (C=O) groups excluding carboxylic acids is 2. The number of pyridine rings is 1. The van der Waals surface area contributed by atoms with Gasteiger partial charge < -0.3 is 25.7 Å². The third kappa shape index (κ3) is 7.76. The molecule has 0 spiro atoms. The molecule has 12 nitrogen and oxygen atoms in total. The zero-order chi connectivity index (χ0) is 34.7. The van der Waals surface area contributed by atoms with E-state index in [0.717, 1.165) is 22.7 Å². The van der Waals surface area contributed by atoms with Crippen LogP contribution in [0.2, 0.25) is 10.0 Å². The molecule has 0 unspecified atom stereocenters. The summed E-state index contributed by atoms with van der Waals surface area (Å²) in [5.41, 5.74) is 1.19. The topological polar surface area (TPSA) is 185 Å². The van der Waals surface area contributed by atoms with Gasteiger partial charge in [-0.25, -0.2) is 14.4 Å². The summed E-state index contributed by atoms with van der Waals surface area (Å²) < 4.78 is 1.69. The van der Waals surface area contributed by atoms with E-state index in [1.807, 2.05) is 0 Å². The van der Waals surface area contributed by atoms with Crippen molar-refractivity contribution in [1.82, 2.24) is 10.2 Å². The van der Waals surface area contributed by atoms with Crippen LogP contribution in [0.25, 0.3) is 11.8 Å². The number of amides is 2. The van der Waals surface area contributed by atoms with Crippen molar-refractivity contribution in [2.45, 2.75) is 21.2 Å². The van der Waals surface area contributed by atoms with Crippen LogP contribution in [-0.2, 0) is 19.2 Å². The quantitative estimate of drug-likeness (QED) is 0.0763. The summed E-state index contributed by atoms with van der Waals surface area (Å²) in [6, 6.07) is 9.88. The normalized spacial score (nSPS) is 17.2. The Balaban J connectivity index is 1.18. The van der Waals surface area contributed by atoms with E-state index in [-0.39, 0.29) is 32.8 Å². The van der Waals surface area contributed by atoms with Crippen LogP contribution in [0, 0.1) is 0 Å². The standard InChI is InChI=1S/C31H23Cl2N3O9S3/c32-20-11-23(21(33)9-15(20)1-4-25(39)40)47-14-24(38)34-26-28(41)36-27(31(44)45)16(13-48-29(26)36)12-46-18-5-7-35(8-6-18)17-2-3-19(30(42)43)22(37)10-17/h1-11,26,29H,12-14H2,(H4-,34,37,38,39,40,42,43,44,45)/p+1/t26-,29+/m0/s1. The number of hydrogen-bond donors (Lipinski definition) is 5. The van der Waals surface area contributed by atoms with E-state index in [1.54, 1.807) is 35.2 Å². The molecule has 3 aromatic rings. The van der Waals surface area contributed by atoms with E-state index in [2.05, 4.69) is 5.32 Å². The van der Waals surface area contributed by atoms with Gasteiger partial charge in [-0.15, -0.1) is 35.3 Å².